The summed E-state index contributed by atoms with van der Waals surface area (Å²) < 4.78 is 38.3. The molecule has 0 amide bonds. The van der Waals surface area contributed by atoms with Crippen LogP contribution in [-0.4, -0.2) is 103 Å². The molecular formula is C59H92BClI2O10Si3Y4-3. The van der Waals surface area contributed by atoms with E-state index in [-0.39, 0.29) is 194 Å². The number of benzene rings is 4. The fourth-order valence-electron chi connectivity index (χ4n) is 6.99. The smallest absolute Gasteiger partial charge is 0.482 e. The predicted molar refractivity (Wildman–Crippen MR) is 340 cm³/mol. The van der Waals surface area contributed by atoms with Crippen LogP contribution in [0.5, 0.6) is 23.0 Å². The number of aryl methyl sites for hydroxylation is 4. The molecule has 4 N–H and O–H groups in total. The van der Waals surface area contributed by atoms with Crippen molar-refractivity contribution in [1.29, 1.82) is 0 Å². The summed E-state index contributed by atoms with van der Waals surface area (Å²) in [6.45, 7) is 35.4. The summed E-state index contributed by atoms with van der Waals surface area (Å²) in [6, 6.07) is 30.3. The first-order valence-corrected chi connectivity index (χ1v) is 38.3. The second kappa shape index (κ2) is 41.2. The first-order valence-electron chi connectivity index (χ1n) is 26.3. The number of hydrogen-bond donors (Lipinski definition) is 4. The van der Waals surface area contributed by atoms with E-state index in [1.165, 1.54) is 29.4 Å². The molecule has 439 valence electrons. The number of ether oxygens (including phenoxy) is 4. The minimum absolute atomic E-state index is 0. The van der Waals surface area contributed by atoms with Crippen molar-refractivity contribution in [2.24, 2.45) is 0 Å². The molecule has 4 aromatic carbocycles. The molecule has 0 bridgehead atoms. The van der Waals surface area contributed by atoms with E-state index < -0.39 is 24.0 Å². The van der Waals surface area contributed by atoms with Crippen LogP contribution >= 0.6 is 56.3 Å². The maximum absolute atomic E-state index is 8.94. The Labute approximate surface area is 621 Å². The van der Waals surface area contributed by atoms with Gasteiger partial charge in [0.25, 0.3) is 0 Å². The summed E-state index contributed by atoms with van der Waals surface area (Å²) in [7, 11) is -4.72. The number of fused-ring (bicyclic) bond motifs is 4. The van der Waals surface area contributed by atoms with Crippen molar-refractivity contribution < 1.29 is 179 Å². The van der Waals surface area contributed by atoms with Crippen LogP contribution in [0.2, 0.25) is 54.4 Å². The van der Waals surface area contributed by atoms with Gasteiger partial charge >= 0.3 is 7.69 Å². The Morgan fingerprint density at radius 1 is 0.525 bits per heavy atom. The van der Waals surface area contributed by atoms with E-state index in [0.717, 1.165) is 81.0 Å². The van der Waals surface area contributed by atoms with E-state index in [2.05, 4.69) is 183 Å². The van der Waals surface area contributed by atoms with Gasteiger partial charge in [0.1, 0.15) is 35.9 Å². The van der Waals surface area contributed by atoms with Crippen molar-refractivity contribution in [2.45, 2.75) is 192 Å². The number of halogens is 3. The Bertz CT molecular complexity index is 2330. The number of aliphatic hydroxyl groups excluding tert-OH is 2. The summed E-state index contributed by atoms with van der Waals surface area (Å²) in [5.41, 5.74) is 5.06. The Balaban J connectivity index is -0.000000925. The van der Waals surface area contributed by atoms with Crippen LogP contribution in [0.25, 0.3) is 0 Å². The third-order valence-corrected chi connectivity index (χ3v) is 30.6. The summed E-state index contributed by atoms with van der Waals surface area (Å²) in [5, 5.41) is 32.7. The normalized spacial score (nSPS) is 17.7. The molecule has 4 aromatic rings. The molecule has 8 rings (SSSR count). The van der Waals surface area contributed by atoms with E-state index in [4.69, 9.17) is 59.1 Å². The van der Waals surface area contributed by atoms with Gasteiger partial charge in [-0.15, -0.1) is 23.3 Å². The molecule has 0 saturated heterocycles. The van der Waals surface area contributed by atoms with Gasteiger partial charge in [-0.3, -0.25) is 0 Å². The molecule has 21 heteroatoms. The molecule has 0 aliphatic carbocycles. The molecule has 0 aromatic heterocycles. The first-order chi connectivity index (χ1) is 34.8. The maximum atomic E-state index is 8.94. The Morgan fingerprint density at radius 3 is 1.09 bits per heavy atom. The molecule has 5 radical (unpaired) electrons. The monoisotopic (exact) mass is 1700 g/mol. The third kappa shape index (κ3) is 30.5. The molecule has 4 unspecified atom stereocenters. The van der Waals surface area contributed by atoms with Gasteiger partial charge in [0, 0.05) is 149 Å². The molecule has 0 saturated carbocycles. The van der Waals surface area contributed by atoms with Crippen molar-refractivity contribution in [3.05, 3.63) is 122 Å². The molecule has 4 aliphatic rings. The Hall–Kier alpha value is 2.72. The van der Waals surface area contributed by atoms with Gasteiger partial charge in [-0.1, -0.05) is 88.2 Å². The van der Waals surface area contributed by atoms with Gasteiger partial charge in [0.2, 0.25) is 0 Å². The van der Waals surface area contributed by atoms with Gasteiger partial charge in [-0.25, -0.2) is 0 Å². The average Bonchev–Trinajstić information content (AvgIpc) is 3.34. The van der Waals surface area contributed by atoms with Crippen LogP contribution in [-0.2, 0) is 165 Å². The van der Waals surface area contributed by atoms with Crippen LogP contribution in [0.3, 0.4) is 0 Å². The SMILES string of the molecule is CC(C)(C)[Si](C)(C)Cl.CC(C)(C)[Si](C)(C)OCC1CCc2c[c-]ccc2O1.CC(C)(C)[Si](C)(C)OCC1CCc2cc(I)ccc2O1.OCC1CCc2c[c-]ccc2O1.OCC1CCc2cc(I)ccc2O1.O[B]O.[CH3-].[Y].[Y].[Y].[Y]. The fraction of sp³-hybridized carbons (Fsp3) is 0.576. The summed E-state index contributed by atoms with van der Waals surface area (Å²) in [6.07, 6.45) is 8.46. The van der Waals surface area contributed by atoms with Crippen LogP contribution in [0.4, 0.5) is 0 Å². The zero-order valence-electron chi connectivity index (χ0n) is 51.0. The van der Waals surface area contributed by atoms with E-state index in [0.29, 0.717) is 11.6 Å². The van der Waals surface area contributed by atoms with E-state index >= 15 is 0 Å². The summed E-state index contributed by atoms with van der Waals surface area (Å²) >= 11 is 10.8. The van der Waals surface area contributed by atoms with Crippen molar-refractivity contribution in [1.82, 2.24) is 0 Å². The average molecular weight is 1700 g/mol. The number of hydrogen-bond acceptors (Lipinski definition) is 10. The minimum atomic E-state index is -1.67. The van der Waals surface area contributed by atoms with Gasteiger partial charge in [-0.05, 0) is 173 Å². The molecule has 4 atom stereocenters. The first kappa shape index (κ1) is 86.9. The second-order valence-electron chi connectivity index (χ2n) is 24.0. The Morgan fingerprint density at radius 2 is 0.800 bits per heavy atom. The topological polar surface area (TPSA) is 136 Å². The zero-order valence-corrected chi connectivity index (χ0v) is 70.4. The zero-order chi connectivity index (χ0) is 56.4. The van der Waals surface area contributed by atoms with Gasteiger partial charge in [0.05, 0.1) is 26.4 Å². The number of aliphatic hydroxyl groups is 2. The molecule has 4 aliphatic heterocycles. The quantitative estimate of drug-likeness (QED) is 0.0584. The van der Waals surface area contributed by atoms with E-state index in [1.54, 1.807) is 0 Å². The minimum Gasteiger partial charge on any atom is -0.513 e. The maximum Gasteiger partial charge on any atom is 0.482 e. The van der Waals surface area contributed by atoms with E-state index in [9.17, 15) is 0 Å². The summed E-state index contributed by atoms with van der Waals surface area (Å²) in [5.74, 6) is 3.89. The second-order valence-corrected chi connectivity index (χ2v) is 43.4. The number of rotatable bonds is 8. The Kier molecular flexibility index (Phi) is 44.7. The van der Waals surface area contributed by atoms with Crippen molar-refractivity contribution in [3.63, 3.8) is 0 Å². The standard InChI is InChI=1S/C16H25IO2Si.C16H25O2Si.C10H11IO2.C10H11O2.C6H15ClSi.CH3.BH2O2.4Y/c1-16(2,3)20(4,5)18-11-14-8-6-12-10-13(17)7-9-15(12)19-14;1-16(2,3)19(4,5)17-12-14-11-10-13-8-6-7-9-15(13)18-14;11-8-2-4-10-7(5-8)1-3-9(6-12)13-10;11-7-9-6-5-8-3-1-2-4-10(8)12-9;1-6(2,3)8(4,5)7;;2-1-3;;;;/h7,9-10,14H,6,8,11H2,1-5H3;7-9,14H,10-12H2,1-5H3;2,4-5,9,12H,1,3,6H2;2-4,9,11H,5-7H2;1-5H3;1H3;2-3H;;;;/q;-1;;-1;;-1;;;;;. The van der Waals surface area contributed by atoms with Crippen molar-refractivity contribution in [2.75, 3.05) is 26.4 Å². The fourth-order valence-corrected chi connectivity index (χ4v) is 10.2. The third-order valence-electron chi connectivity index (χ3n) is 15.0. The summed E-state index contributed by atoms with van der Waals surface area (Å²) in [4.78, 5) is 0. The van der Waals surface area contributed by atoms with Crippen LogP contribution in [0.1, 0.15) is 110 Å². The van der Waals surface area contributed by atoms with Crippen LogP contribution in [0.15, 0.2) is 72.8 Å². The van der Waals surface area contributed by atoms with Crippen LogP contribution in [0, 0.1) is 26.7 Å². The van der Waals surface area contributed by atoms with E-state index in [1.807, 2.05) is 48.5 Å². The molecule has 0 spiro atoms. The molecule has 80 heavy (non-hydrogen) atoms. The molecular weight excluding hydrogens is 1610 g/mol. The van der Waals surface area contributed by atoms with Gasteiger partial charge < -0.3 is 55.5 Å². The molecule has 10 nitrogen and oxygen atoms in total. The molecule has 4 heterocycles. The van der Waals surface area contributed by atoms with Crippen molar-refractivity contribution >= 4 is 88.0 Å². The van der Waals surface area contributed by atoms with Gasteiger partial charge in [-0.2, -0.15) is 47.5 Å². The molecule has 0 fully saturated rings. The van der Waals surface area contributed by atoms with Crippen LogP contribution < -0.4 is 18.9 Å². The predicted octanol–water partition coefficient (Wildman–Crippen LogP) is 14.5. The van der Waals surface area contributed by atoms with Gasteiger partial charge in [0.15, 0.2) is 24.0 Å². The largest absolute Gasteiger partial charge is 0.513 e. The van der Waals surface area contributed by atoms with Crippen molar-refractivity contribution in [3.8, 4) is 23.0 Å².